The fraction of sp³-hybridized carbons (Fsp3) is 0.278. The van der Waals surface area contributed by atoms with Crippen LogP contribution in [0, 0.1) is 0 Å². The number of carbonyl (C=O) groups is 1. The molecule has 3 atom stereocenters. The van der Waals surface area contributed by atoms with Gasteiger partial charge in [0.25, 0.3) is 0 Å². The van der Waals surface area contributed by atoms with Gasteiger partial charge in [-0.15, -0.1) is 0 Å². The first-order chi connectivity index (χ1) is 10.6. The summed E-state index contributed by atoms with van der Waals surface area (Å²) in [5, 5.41) is 13.5. The standard InChI is InChI=1S/C18H19NO3/c1-12(20)19-15-11-17(13-7-3-2-4-8-13)22-16-10-6-5-9-14(16)18(15)21/h2-10,15,17-18,21H,11H2,1H3,(H,19,20). The second-order valence-corrected chi connectivity index (χ2v) is 5.54. The Morgan fingerprint density at radius 2 is 1.82 bits per heavy atom. The maximum absolute atomic E-state index is 11.5. The molecule has 0 aliphatic carbocycles. The molecule has 1 aliphatic rings. The van der Waals surface area contributed by atoms with Gasteiger partial charge in [0.15, 0.2) is 0 Å². The molecule has 4 nitrogen and oxygen atoms in total. The molecule has 2 aromatic carbocycles. The summed E-state index contributed by atoms with van der Waals surface area (Å²) in [6.45, 7) is 1.46. The second-order valence-electron chi connectivity index (χ2n) is 5.54. The number of hydrogen-bond donors (Lipinski definition) is 2. The van der Waals surface area contributed by atoms with Gasteiger partial charge in [0.05, 0.1) is 6.04 Å². The van der Waals surface area contributed by atoms with E-state index in [1.165, 1.54) is 6.92 Å². The number of hydrogen-bond acceptors (Lipinski definition) is 3. The van der Waals surface area contributed by atoms with Crippen LogP contribution in [0.2, 0.25) is 0 Å². The van der Waals surface area contributed by atoms with Gasteiger partial charge in [-0.25, -0.2) is 0 Å². The quantitative estimate of drug-likeness (QED) is 0.896. The van der Waals surface area contributed by atoms with Gasteiger partial charge >= 0.3 is 0 Å². The number of rotatable bonds is 2. The summed E-state index contributed by atoms with van der Waals surface area (Å²) in [5.74, 6) is 0.506. The number of benzene rings is 2. The number of aliphatic hydroxyl groups excluding tert-OH is 1. The Balaban J connectivity index is 1.99. The van der Waals surface area contributed by atoms with Gasteiger partial charge in [0, 0.05) is 18.9 Å². The van der Waals surface area contributed by atoms with Crippen molar-refractivity contribution in [2.75, 3.05) is 0 Å². The third-order valence-corrected chi connectivity index (χ3v) is 3.92. The van der Waals surface area contributed by atoms with Crippen molar-refractivity contribution in [2.45, 2.75) is 31.6 Å². The van der Waals surface area contributed by atoms with E-state index in [9.17, 15) is 9.90 Å². The van der Waals surface area contributed by atoms with E-state index in [1.54, 1.807) is 0 Å². The molecule has 3 rings (SSSR count). The number of ether oxygens (including phenoxy) is 1. The van der Waals surface area contributed by atoms with Crippen molar-refractivity contribution in [1.82, 2.24) is 5.32 Å². The van der Waals surface area contributed by atoms with Crippen molar-refractivity contribution < 1.29 is 14.6 Å². The van der Waals surface area contributed by atoms with E-state index in [4.69, 9.17) is 4.74 Å². The molecular formula is C18H19NO3. The Labute approximate surface area is 129 Å². The van der Waals surface area contributed by atoms with Gasteiger partial charge in [-0.2, -0.15) is 0 Å². The molecule has 0 fully saturated rings. The number of amides is 1. The lowest BCUT2D eigenvalue weighted by atomic mass is 9.96. The minimum atomic E-state index is -0.784. The monoisotopic (exact) mass is 297 g/mol. The highest BCUT2D eigenvalue weighted by molar-refractivity contribution is 5.73. The molecule has 0 radical (unpaired) electrons. The predicted molar refractivity (Wildman–Crippen MR) is 83.4 cm³/mol. The predicted octanol–water partition coefficient (Wildman–Crippen LogP) is 2.75. The van der Waals surface area contributed by atoms with E-state index in [0.717, 1.165) is 5.56 Å². The molecular weight excluding hydrogens is 278 g/mol. The van der Waals surface area contributed by atoms with Crippen LogP contribution >= 0.6 is 0 Å². The van der Waals surface area contributed by atoms with Crippen molar-refractivity contribution in [3.63, 3.8) is 0 Å². The molecule has 1 heterocycles. The van der Waals surface area contributed by atoms with Crippen molar-refractivity contribution in [3.05, 3.63) is 65.7 Å². The number of para-hydroxylation sites is 1. The van der Waals surface area contributed by atoms with Crippen molar-refractivity contribution in [2.24, 2.45) is 0 Å². The Morgan fingerprint density at radius 1 is 1.14 bits per heavy atom. The van der Waals surface area contributed by atoms with Crippen LogP contribution in [0.5, 0.6) is 5.75 Å². The maximum Gasteiger partial charge on any atom is 0.217 e. The van der Waals surface area contributed by atoms with E-state index in [0.29, 0.717) is 17.7 Å². The molecule has 0 saturated carbocycles. The van der Waals surface area contributed by atoms with E-state index in [1.807, 2.05) is 54.6 Å². The lowest BCUT2D eigenvalue weighted by Gasteiger charge is -2.23. The zero-order chi connectivity index (χ0) is 15.5. The van der Waals surface area contributed by atoms with Crippen LogP contribution in [-0.2, 0) is 4.79 Å². The first-order valence-electron chi connectivity index (χ1n) is 7.41. The van der Waals surface area contributed by atoms with Crippen LogP contribution in [0.3, 0.4) is 0 Å². The topological polar surface area (TPSA) is 58.6 Å². The SMILES string of the molecule is CC(=O)NC1CC(c2ccccc2)Oc2ccccc2C1O. The van der Waals surface area contributed by atoms with Gasteiger partial charge in [-0.1, -0.05) is 48.5 Å². The molecule has 0 aromatic heterocycles. The summed E-state index contributed by atoms with van der Waals surface area (Å²) in [6, 6.07) is 16.9. The highest BCUT2D eigenvalue weighted by atomic mass is 16.5. The molecule has 0 saturated heterocycles. The third-order valence-electron chi connectivity index (χ3n) is 3.92. The minimum absolute atomic E-state index is 0.157. The molecule has 0 bridgehead atoms. The zero-order valence-corrected chi connectivity index (χ0v) is 12.4. The van der Waals surface area contributed by atoms with Crippen LogP contribution in [0.15, 0.2) is 54.6 Å². The van der Waals surface area contributed by atoms with E-state index >= 15 is 0 Å². The molecule has 4 heteroatoms. The molecule has 22 heavy (non-hydrogen) atoms. The van der Waals surface area contributed by atoms with Crippen LogP contribution in [-0.4, -0.2) is 17.1 Å². The first kappa shape index (κ1) is 14.6. The number of carbonyl (C=O) groups excluding carboxylic acids is 1. The average molecular weight is 297 g/mol. The molecule has 114 valence electrons. The summed E-state index contributed by atoms with van der Waals surface area (Å²) < 4.78 is 6.11. The molecule has 2 aromatic rings. The van der Waals surface area contributed by atoms with Gasteiger partial charge in [0.1, 0.15) is 18.0 Å². The largest absolute Gasteiger partial charge is 0.485 e. The minimum Gasteiger partial charge on any atom is -0.485 e. The summed E-state index contributed by atoms with van der Waals surface area (Å²) >= 11 is 0. The summed E-state index contributed by atoms with van der Waals surface area (Å²) in [5.41, 5.74) is 1.74. The maximum atomic E-state index is 11.5. The number of fused-ring (bicyclic) bond motifs is 1. The lowest BCUT2D eigenvalue weighted by molar-refractivity contribution is -0.120. The van der Waals surface area contributed by atoms with Crippen molar-refractivity contribution in [3.8, 4) is 5.75 Å². The van der Waals surface area contributed by atoms with E-state index in [2.05, 4.69) is 5.32 Å². The third kappa shape index (κ3) is 2.97. The van der Waals surface area contributed by atoms with Gasteiger partial charge in [-0.05, 0) is 11.6 Å². The fourth-order valence-electron chi connectivity index (χ4n) is 2.88. The highest BCUT2D eigenvalue weighted by Crippen LogP contribution is 2.38. The normalized spacial score (nSPS) is 23.8. The highest BCUT2D eigenvalue weighted by Gasteiger charge is 2.32. The zero-order valence-electron chi connectivity index (χ0n) is 12.4. The molecule has 0 spiro atoms. The van der Waals surface area contributed by atoms with Gasteiger partial charge in [0.2, 0.25) is 5.91 Å². The number of aliphatic hydroxyl groups is 1. The first-order valence-corrected chi connectivity index (χ1v) is 7.41. The van der Waals surface area contributed by atoms with Gasteiger partial charge < -0.3 is 15.2 Å². The van der Waals surface area contributed by atoms with E-state index < -0.39 is 6.10 Å². The van der Waals surface area contributed by atoms with Crippen LogP contribution in [0.4, 0.5) is 0 Å². The summed E-state index contributed by atoms with van der Waals surface area (Å²) in [7, 11) is 0. The van der Waals surface area contributed by atoms with Crippen LogP contribution < -0.4 is 10.1 Å². The summed E-state index contributed by atoms with van der Waals surface area (Å²) in [4.78, 5) is 11.5. The Kier molecular flexibility index (Phi) is 4.11. The van der Waals surface area contributed by atoms with Crippen molar-refractivity contribution in [1.29, 1.82) is 0 Å². The second kappa shape index (κ2) is 6.20. The average Bonchev–Trinajstić information content (AvgIpc) is 2.66. The Bertz CT molecular complexity index is 656. The fourth-order valence-corrected chi connectivity index (χ4v) is 2.88. The smallest absolute Gasteiger partial charge is 0.217 e. The number of nitrogens with one attached hydrogen (secondary N) is 1. The molecule has 3 unspecified atom stereocenters. The van der Waals surface area contributed by atoms with E-state index in [-0.39, 0.29) is 18.1 Å². The van der Waals surface area contributed by atoms with Crippen molar-refractivity contribution >= 4 is 5.91 Å². The summed E-state index contributed by atoms with van der Waals surface area (Å²) in [6.07, 6.45) is -0.482. The Morgan fingerprint density at radius 3 is 2.55 bits per heavy atom. The molecule has 2 N–H and O–H groups in total. The molecule has 1 aliphatic heterocycles. The van der Waals surface area contributed by atoms with Gasteiger partial charge in [-0.3, -0.25) is 4.79 Å². The Hall–Kier alpha value is -2.33. The lowest BCUT2D eigenvalue weighted by Crippen LogP contribution is -2.38. The van der Waals surface area contributed by atoms with Crippen LogP contribution in [0.25, 0.3) is 0 Å². The van der Waals surface area contributed by atoms with Crippen LogP contribution in [0.1, 0.15) is 36.7 Å². The molecule has 1 amide bonds.